The van der Waals surface area contributed by atoms with Gasteiger partial charge in [0, 0.05) is 38.1 Å². The molecule has 3 aromatic heterocycles. The van der Waals surface area contributed by atoms with Crippen LogP contribution in [0.5, 0.6) is 0 Å². The molecule has 6 rings (SSSR count). The lowest BCUT2D eigenvalue weighted by atomic mass is 10.1. The SMILES string of the molecule is CC1C2N=CSC12CNC(=O)c1nn(C)cc1NC(=O)c1cccc(-c2ccnc(NCC3CC3)c2)n1. The minimum Gasteiger partial charge on any atom is -0.370 e. The van der Waals surface area contributed by atoms with E-state index in [-0.39, 0.29) is 28.1 Å². The lowest BCUT2D eigenvalue weighted by molar-refractivity contribution is 0.0947. The van der Waals surface area contributed by atoms with E-state index in [0.29, 0.717) is 23.8 Å². The van der Waals surface area contributed by atoms with Crippen LogP contribution in [0.2, 0.25) is 0 Å². The molecule has 0 spiro atoms. The zero-order valence-electron chi connectivity index (χ0n) is 20.6. The number of thioether (sulfide) groups is 1. The molecule has 2 amide bonds. The van der Waals surface area contributed by atoms with Crippen molar-refractivity contribution in [2.75, 3.05) is 23.7 Å². The molecule has 0 saturated heterocycles. The minimum absolute atomic E-state index is 0.0571. The molecular formula is C26H28N8O2S. The summed E-state index contributed by atoms with van der Waals surface area (Å²) in [6.45, 7) is 3.56. The van der Waals surface area contributed by atoms with Gasteiger partial charge in [0.1, 0.15) is 11.5 Å². The lowest BCUT2D eigenvalue weighted by Gasteiger charge is -2.12. The van der Waals surface area contributed by atoms with Crippen LogP contribution >= 0.6 is 11.8 Å². The molecule has 3 aliphatic rings. The van der Waals surface area contributed by atoms with Crippen LogP contribution in [0.1, 0.15) is 40.7 Å². The van der Waals surface area contributed by atoms with Crippen LogP contribution in [-0.2, 0) is 7.05 Å². The third kappa shape index (κ3) is 4.71. The summed E-state index contributed by atoms with van der Waals surface area (Å²) in [5, 5.41) is 13.4. The maximum Gasteiger partial charge on any atom is 0.274 e. The Labute approximate surface area is 218 Å². The second-order valence-electron chi connectivity index (χ2n) is 9.92. The molecule has 10 nitrogen and oxygen atoms in total. The molecule has 0 aromatic carbocycles. The molecule has 3 aromatic rings. The Bertz CT molecular complexity index is 1400. The van der Waals surface area contributed by atoms with Crippen LogP contribution in [0, 0.1) is 11.8 Å². The highest BCUT2D eigenvalue weighted by Crippen LogP contribution is 2.58. The van der Waals surface area contributed by atoms with E-state index in [1.165, 1.54) is 17.5 Å². The monoisotopic (exact) mass is 516 g/mol. The molecule has 11 heteroatoms. The highest BCUT2D eigenvalue weighted by Gasteiger charge is 2.65. The quantitative estimate of drug-likeness (QED) is 0.399. The van der Waals surface area contributed by atoms with Gasteiger partial charge in [0.05, 0.1) is 27.7 Å². The number of aryl methyl sites for hydroxylation is 1. The van der Waals surface area contributed by atoms with Crippen molar-refractivity contribution in [3.05, 3.63) is 54.1 Å². The number of amides is 2. The Kier molecular flexibility index (Phi) is 5.94. The maximum absolute atomic E-state index is 13.1. The first-order valence-electron chi connectivity index (χ1n) is 12.4. The number of anilines is 2. The number of aliphatic imine (C=N–C) groups is 1. The van der Waals surface area contributed by atoms with Gasteiger partial charge >= 0.3 is 0 Å². The third-order valence-corrected chi connectivity index (χ3v) is 8.68. The zero-order chi connectivity index (χ0) is 25.6. The Balaban J connectivity index is 1.14. The summed E-state index contributed by atoms with van der Waals surface area (Å²) in [6, 6.07) is 9.36. The third-order valence-electron chi connectivity index (χ3n) is 7.25. The van der Waals surface area contributed by atoms with Gasteiger partial charge in [-0.1, -0.05) is 13.0 Å². The summed E-state index contributed by atoms with van der Waals surface area (Å²) in [4.78, 5) is 39.5. The second-order valence-corrected chi connectivity index (χ2v) is 11.1. The van der Waals surface area contributed by atoms with Crippen molar-refractivity contribution in [2.24, 2.45) is 23.9 Å². The Morgan fingerprint density at radius 2 is 2.08 bits per heavy atom. The Hall–Kier alpha value is -3.73. The highest BCUT2D eigenvalue weighted by atomic mass is 32.2. The molecule has 3 N–H and O–H groups in total. The second kappa shape index (κ2) is 9.29. The van der Waals surface area contributed by atoms with E-state index >= 15 is 0 Å². The van der Waals surface area contributed by atoms with E-state index in [2.05, 4.69) is 42.9 Å². The number of pyridine rings is 2. The van der Waals surface area contributed by atoms with Crippen LogP contribution in [0.3, 0.4) is 0 Å². The van der Waals surface area contributed by atoms with Gasteiger partial charge in [0.15, 0.2) is 5.69 Å². The highest BCUT2D eigenvalue weighted by molar-refractivity contribution is 8.14. The summed E-state index contributed by atoms with van der Waals surface area (Å²) in [5.74, 6) is 1.20. The Morgan fingerprint density at radius 3 is 2.86 bits per heavy atom. The van der Waals surface area contributed by atoms with Gasteiger partial charge in [-0.25, -0.2) is 9.97 Å². The van der Waals surface area contributed by atoms with E-state index in [1.54, 1.807) is 43.3 Å². The van der Waals surface area contributed by atoms with E-state index in [4.69, 9.17) is 0 Å². The average Bonchev–Trinajstić information content (AvgIpc) is 3.72. The van der Waals surface area contributed by atoms with Crippen molar-refractivity contribution in [3.63, 3.8) is 0 Å². The normalized spacial score (nSPS) is 23.4. The van der Waals surface area contributed by atoms with Crippen LogP contribution in [0.4, 0.5) is 11.5 Å². The van der Waals surface area contributed by atoms with E-state index < -0.39 is 5.91 Å². The number of rotatable bonds is 9. The standard InChI is InChI=1S/C26H28N8O2S/c1-15-23-26(15,37-14-30-23)13-29-25(36)22-20(12-34(2)33-22)32-24(35)19-5-3-4-18(31-19)17-8-9-27-21(10-17)28-11-16-6-7-16/h3-5,8-10,12,14-16,23H,6-7,11,13H2,1-2H3,(H,27,28)(H,29,36)(H,32,35). The van der Waals surface area contributed by atoms with Gasteiger partial charge < -0.3 is 16.0 Å². The Morgan fingerprint density at radius 1 is 1.22 bits per heavy atom. The largest absolute Gasteiger partial charge is 0.370 e. The molecule has 2 saturated carbocycles. The van der Waals surface area contributed by atoms with E-state index in [9.17, 15) is 9.59 Å². The molecule has 1 aliphatic heterocycles. The fourth-order valence-corrected chi connectivity index (χ4v) is 5.95. The van der Waals surface area contributed by atoms with Gasteiger partial charge in [-0.2, -0.15) is 5.10 Å². The maximum atomic E-state index is 13.1. The molecule has 2 fully saturated rings. The first-order chi connectivity index (χ1) is 17.9. The van der Waals surface area contributed by atoms with Crippen LogP contribution in [-0.4, -0.2) is 61.0 Å². The number of nitrogens with zero attached hydrogens (tertiary/aromatic N) is 5. The number of carbonyl (C=O) groups excluding carboxylic acids is 2. The summed E-state index contributed by atoms with van der Waals surface area (Å²) in [6.07, 6.45) is 5.88. The minimum atomic E-state index is -0.417. The molecular weight excluding hydrogens is 488 g/mol. The molecule has 4 heterocycles. The van der Waals surface area contributed by atoms with Gasteiger partial charge in [-0.05, 0) is 48.9 Å². The molecule has 3 atom stereocenters. The van der Waals surface area contributed by atoms with Gasteiger partial charge in [0.25, 0.3) is 11.8 Å². The van der Waals surface area contributed by atoms with E-state index in [1.807, 2.05) is 23.7 Å². The topological polar surface area (TPSA) is 126 Å². The summed E-state index contributed by atoms with van der Waals surface area (Å²) < 4.78 is 1.45. The predicted molar refractivity (Wildman–Crippen MR) is 144 cm³/mol. The molecule has 0 bridgehead atoms. The molecule has 190 valence electrons. The predicted octanol–water partition coefficient (Wildman–Crippen LogP) is 3.21. The summed E-state index contributed by atoms with van der Waals surface area (Å²) in [5.41, 5.74) is 4.13. The number of hydrogen-bond acceptors (Lipinski definition) is 8. The van der Waals surface area contributed by atoms with Gasteiger partial charge in [-0.15, -0.1) is 11.8 Å². The first kappa shape index (κ1) is 23.7. The van der Waals surface area contributed by atoms with Crippen molar-refractivity contribution < 1.29 is 9.59 Å². The molecule has 0 radical (unpaired) electrons. The van der Waals surface area contributed by atoms with Crippen molar-refractivity contribution in [1.29, 1.82) is 0 Å². The van der Waals surface area contributed by atoms with Gasteiger partial charge in [-0.3, -0.25) is 19.3 Å². The van der Waals surface area contributed by atoms with Crippen molar-refractivity contribution in [1.82, 2.24) is 25.1 Å². The summed E-state index contributed by atoms with van der Waals surface area (Å²) >= 11 is 1.67. The molecule has 37 heavy (non-hydrogen) atoms. The van der Waals surface area contributed by atoms with Gasteiger partial charge in [0.2, 0.25) is 0 Å². The number of fused-ring (bicyclic) bond motifs is 1. The lowest BCUT2D eigenvalue weighted by Crippen LogP contribution is -2.34. The number of carbonyl (C=O) groups is 2. The zero-order valence-corrected chi connectivity index (χ0v) is 21.5. The molecule has 3 unspecified atom stereocenters. The smallest absolute Gasteiger partial charge is 0.274 e. The summed E-state index contributed by atoms with van der Waals surface area (Å²) in [7, 11) is 1.71. The molecule has 2 aliphatic carbocycles. The van der Waals surface area contributed by atoms with Crippen molar-refractivity contribution >= 4 is 40.6 Å². The average molecular weight is 517 g/mol. The van der Waals surface area contributed by atoms with Crippen molar-refractivity contribution in [3.8, 4) is 11.3 Å². The van der Waals surface area contributed by atoms with E-state index in [0.717, 1.165) is 23.8 Å². The fraction of sp³-hybridized carbons (Fsp3) is 0.385. The number of hydrogen-bond donors (Lipinski definition) is 3. The van der Waals surface area contributed by atoms with Crippen LogP contribution in [0.25, 0.3) is 11.3 Å². The van der Waals surface area contributed by atoms with Crippen molar-refractivity contribution in [2.45, 2.75) is 30.6 Å². The number of nitrogens with one attached hydrogen (secondary N) is 3. The van der Waals surface area contributed by atoms with Crippen LogP contribution in [0.15, 0.2) is 47.7 Å². The van der Waals surface area contributed by atoms with Crippen LogP contribution < -0.4 is 16.0 Å². The first-order valence-corrected chi connectivity index (χ1v) is 13.3. The number of aromatic nitrogens is 4. The fourth-order valence-electron chi connectivity index (χ4n) is 4.72.